The minimum Gasteiger partial charge on any atom is -0.289 e. The van der Waals surface area contributed by atoms with E-state index in [9.17, 15) is 4.79 Å². The lowest BCUT2D eigenvalue weighted by atomic mass is 10.1. The number of benzene rings is 1. The van der Waals surface area contributed by atoms with Crippen LogP contribution in [0.3, 0.4) is 0 Å². The average molecular weight is 328 g/mol. The molecule has 3 heteroatoms. The smallest absolute Gasteiger partial charge is 0.193 e. The molecule has 15 heavy (non-hydrogen) atoms. The van der Waals surface area contributed by atoms with Crippen LogP contribution in [0, 0.1) is 9.81 Å². The van der Waals surface area contributed by atoms with Gasteiger partial charge in [-0.05, 0) is 35.6 Å². The molecule has 1 heterocycles. The van der Waals surface area contributed by atoms with Gasteiger partial charge in [0.2, 0.25) is 0 Å². The third-order valence-corrected chi connectivity index (χ3v) is 3.93. The molecule has 1 aromatic carbocycles. The first-order valence-electron chi connectivity index (χ1n) is 4.52. The molecule has 0 amide bonds. The zero-order chi connectivity index (χ0) is 10.8. The van der Waals surface area contributed by atoms with Gasteiger partial charge < -0.3 is 0 Å². The van der Waals surface area contributed by atoms with E-state index in [2.05, 4.69) is 22.6 Å². The van der Waals surface area contributed by atoms with Crippen molar-refractivity contribution in [3.05, 3.63) is 55.3 Å². The first kappa shape index (κ1) is 10.8. The van der Waals surface area contributed by atoms with E-state index in [1.807, 2.05) is 42.6 Å². The molecule has 0 saturated heterocycles. The highest BCUT2D eigenvalue weighted by Crippen LogP contribution is 2.19. The summed E-state index contributed by atoms with van der Waals surface area (Å²) >= 11 is 3.82. The van der Waals surface area contributed by atoms with Crippen molar-refractivity contribution in [3.8, 4) is 0 Å². The number of halogens is 1. The zero-order valence-corrected chi connectivity index (χ0v) is 11.1. The standard InChI is InChI=1S/C12H9IOS/c1-8-2-4-9(5-3-8)12(14)10-6-11(13)15-7-10/h2-7H,1H3. The van der Waals surface area contributed by atoms with Crippen molar-refractivity contribution in [2.45, 2.75) is 6.92 Å². The Labute approximate surface area is 106 Å². The van der Waals surface area contributed by atoms with Gasteiger partial charge in [-0.3, -0.25) is 4.79 Å². The van der Waals surface area contributed by atoms with Crippen molar-refractivity contribution in [3.63, 3.8) is 0 Å². The van der Waals surface area contributed by atoms with Crippen molar-refractivity contribution in [2.75, 3.05) is 0 Å². The Morgan fingerprint density at radius 2 is 1.87 bits per heavy atom. The second-order valence-electron chi connectivity index (χ2n) is 3.33. The number of ketones is 1. The number of rotatable bonds is 2. The van der Waals surface area contributed by atoms with Crippen LogP contribution >= 0.6 is 33.9 Å². The lowest BCUT2D eigenvalue weighted by molar-refractivity contribution is 0.103. The van der Waals surface area contributed by atoms with Crippen molar-refractivity contribution in [1.82, 2.24) is 0 Å². The Balaban J connectivity index is 2.32. The maximum absolute atomic E-state index is 12.0. The number of hydrogen-bond donors (Lipinski definition) is 0. The Morgan fingerprint density at radius 3 is 2.40 bits per heavy atom. The van der Waals surface area contributed by atoms with Crippen molar-refractivity contribution in [2.24, 2.45) is 0 Å². The van der Waals surface area contributed by atoms with E-state index in [0.717, 1.165) is 14.0 Å². The van der Waals surface area contributed by atoms with E-state index in [-0.39, 0.29) is 5.78 Å². The Bertz CT molecular complexity index is 485. The summed E-state index contributed by atoms with van der Waals surface area (Å²) in [5.41, 5.74) is 2.72. The molecular weight excluding hydrogens is 319 g/mol. The van der Waals surface area contributed by atoms with Crippen LogP contribution in [0.15, 0.2) is 35.7 Å². The van der Waals surface area contributed by atoms with Crippen LogP contribution in [-0.2, 0) is 0 Å². The fourth-order valence-corrected chi connectivity index (χ4v) is 2.63. The minimum absolute atomic E-state index is 0.106. The van der Waals surface area contributed by atoms with E-state index in [4.69, 9.17) is 0 Å². The van der Waals surface area contributed by atoms with E-state index < -0.39 is 0 Å². The lowest BCUT2D eigenvalue weighted by Gasteiger charge is -1.98. The van der Waals surface area contributed by atoms with Gasteiger partial charge in [0.05, 0.1) is 2.88 Å². The molecule has 0 atom stereocenters. The van der Waals surface area contributed by atoms with Crippen molar-refractivity contribution < 1.29 is 4.79 Å². The molecular formula is C12H9IOS. The molecule has 0 radical (unpaired) electrons. The summed E-state index contributed by atoms with van der Waals surface area (Å²) in [7, 11) is 0. The number of carbonyl (C=O) groups is 1. The minimum atomic E-state index is 0.106. The van der Waals surface area contributed by atoms with E-state index in [1.165, 1.54) is 5.56 Å². The van der Waals surface area contributed by atoms with E-state index in [1.54, 1.807) is 11.3 Å². The second kappa shape index (κ2) is 4.45. The Morgan fingerprint density at radius 1 is 1.20 bits per heavy atom. The number of hydrogen-bond acceptors (Lipinski definition) is 2. The fourth-order valence-electron chi connectivity index (χ4n) is 1.30. The topological polar surface area (TPSA) is 17.1 Å². The lowest BCUT2D eigenvalue weighted by Crippen LogP contribution is -1.98. The first-order valence-corrected chi connectivity index (χ1v) is 6.48. The largest absolute Gasteiger partial charge is 0.289 e. The molecule has 0 aliphatic carbocycles. The SMILES string of the molecule is Cc1ccc(C(=O)c2csc(I)c2)cc1. The summed E-state index contributed by atoms with van der Waals surface area (Å²) in [6, 6.07) is 9.60. The van der Waals surface area contributed by atoms with Gasteiger partial charge in [-0.25, -0.2) is 0 Å². The van der Waals surface area contributed by atoms with Gasteiger partial charge in [0.15, 0.2) is 5.78 Å². The average Bonchev–Trinajstić information content (AvgIpc) is 2.65. The molecule has 76 valence electrons. The maximum atomic E-state index is 12.0. The third-order valence-electron chi connectivity index (χ3n) is 2.14. The first-order chi connectivity index (χ1) is 7.16. The van der Waals surface area contributed by atoms with E-state index in [0.29, 0.717) is 0 Å². The van der Waals surface area contributed by atoms with E-state index >= 15 is 0 Å². The Hall–Kier alpha value is -0.680. The molecule has 2 rings (SSSR count). The third kappa shape index (κ3) is 2.46. The van der Waals surface area contributed by atoms with Gasteiger partial charge >= 0.3 is 0 Å². The predicted octanol–water partition coefficient (Wildman–Crippen LogP) is 3.89. The molecule has 0 spiro atoms. The molecule has 0 bridgehead atoms. The van der Waals surface area contributed by atoms with Gasteiger partial charge in [0.1, 0.15) is 0 Å². The highest BCUT2D eigenvalue weighted by molar-refractivity contribution is 14.1. The summed E-state index contributed by atoms with van der Waals surface area (Å²) < 4.78 is 1.14. The molecule has 0 aliphatic rings. The molecule has 1 aromatic heterocycles. The fraction of sp³-hybridized carbons (Fsp3) is 0.0833. The quantitative estimate of drug-likeness (QED) is 0.604. The van der Waals surface area contributed by atoms with Crippen LogP contribution < -0.4 is 0 Å². The molecule has 0 fully saturated rings. The number of carbonyl (C=O) groups excluding carboxylic acids is 1. The van der Waals surface area contributed by atoms with Gasteiger partial charge in [0, 0.05) is 16.5 Å². The zero-order valence-electron chi connectivity index (χ0n) is 8.16. The predicted molar refractivity (Wildman–Crippen MR) is 71.6 cm³/mol. The van der Waals surface area contributed by atoms with Gasteiger partial charge in [-0.1, -0.05) is 29.8 Å². The van der Waals surface area contributed by atoms with Gasteiger partial charge in [-0.15, -0.1) is 11.3 Å². The van der Waals surface area contributed by atoms with Crippen molar-refractivity contribution in [1.29, 1.82) is 0 Å². The monoisotopic (exact) mass is 328 g/mol. The van der Waals surface area contributed by atoms with Gasteiger partial charge in [0.25, 0.3) is 0 Å². The van der Waals surface area contributed by atoms with Crippen LogP contribution in [0.25, 0.3) is 0 Å². The summed E-state index contributed by atoms with van der Waals surface area (Å²) in [5.74, 6) is 0.106. The second-order valence-corrected chi connectivity index (χ2v) is 6.14. The van der Waals surface area contributed by atoms with Crippen LogP contribution in [0.1, 0.15) is 21.5 Å². The van der Waals surface area contributed by atoms with Gasteiger partial charge in [-0.2, -0.15) is 0 Å². The molecule has 0 aliphatic heterocycles. The summed E-state index contributed by atoms with van der Waals surface area (Å²) in [4.78, 5) is 12.0. The molecule has 0 unspecified atom stereocenters. The number of aryl methyl sites for hydroxylation is 1. The Kier molecular flexibility index (Phi) is 3.21. The molecule has 1 nitrogen and oxygen atoms in total. The molecule has 0 saturated carbocycles. The van der Waals surface area contributed by atoms with Crippen LogP contribution in [0.2, 0.25) is 0 Å². The highest BCUT2D eigenvalue weighted by atomic mass is 127. The van der Waals surface area contributed by atoms with Crippen molar-refractivity contribution >= 4 is 39.7 Å². The molecule has 2 aromatic rings. The summed E-state index contributed by atoms with van der Waals surface area (Å²) in [5, 5.41) is 1.91. The van der Waals surface area contributed by atoms with Crippen LogP contribution in [0.5, 0.6) is 0 Å². The summed E-state index contributed by atoms with van der Waals surface area (Å²) in [6.45, 7) is 2.02. The maximum Gasteiger partial charge on any atom is 0.193 e. The van der Waals surface area contributed by atoms with Crippen LogP contribution in [-0.4, -0.2) is 5.78 Å². The summed E-state index contributed by atoms with van der Waals surface area (Å²) in [6.07, 6.45) is 0. The highest BCUT2D eigenvalue weighted by Gasteiger charge is 2.09. The normalized spacial score (nSPS) is 10.3. The van der Waals surface area contributed by atoms with Crippen LogP contribution in [0.4, 0.5) is 0 Å². The molecule has 0 N–H and O–H groups in total. The number of thiophene rings is 1.